The highest BCUT2D eigenvalue weighted by atomic mass is 35.5. The fraction of sp³-hybridized carbons (Fsp3) is 0.579. The van der Waals surface area contributed by atoms with Gasteiger partial charge in [0.1, 0.15) is 12.6 Å². The Balaban J connectivity index is 2.10. The van der Waals surface area contributed by atoms with Gasteiger partial charge in [-0.25, -0.2) is 9.69 Å². The van der Waals surface area contributed by atoms with E-state index in [0.717, 1.165) is 10.5 Å². The number of ether oxygens (including phenoxy) is 1. The van der Waals surface area contributed by atoms with E-state index in [1.807, 2.05) is 6.07 Å². The first kappa shape index (κ1) is 22.5. The number of carbonyl (C=O) groups excluding carboxylic acids is 2. The van der Waals surface area contributed by atoms with Gasteiger partial charge in [0.05, 0.1) is 12.5 Å². The first-order valence-electron chi connectivity index (χ1n) is 9.05. The van der Waals surface area contributed by atoms with Crippen LogP contribution in [0.1, 0.15) is 25.8 Å². The summed E-state index contributed by atoms with van der Waals surface area (Å²) in [6, 6.07) is 5.60. The van der Waals surface area contributed by atoms with Crippen molar-refractivity contribution >= 4 is 23.6 Å². The van der Waals surface area contributed by atoms with E-state index in [1.165, 1.54) is 0 Å². The van der Waals surface area contributed by atoms with Crippen molar-refractivity contribution in [2.45, 2.75) is 51.0 Å². The molecule has 0 radical (unpaired) electrons. The number of benzene rings is 1. The Bertz CT molecular complexity index is 670. The SMILES string of the molecule is CC(C)[C@H]1COC(=O)N1C(=O)C[C@@H](N[C@H](CCl)Cc1ccccc1)C(F)(F)F. The molecule has 1 saturated heterocycles. The first-order chi connectivity index (χ1) is 13.1. The van der Waals surface area contributed by atoms with Crippen LogP contribution >= 0.6 is 11.6 Å². The molecule has 1 aromatic rings. The second kappa shape index (κ2) is 9.60. The third-order valence-electron chi connectivity index (χ3n) is 4.67. The molecular weight excluding hydrogens is 397 g/mol. The van der Waals surface area contributed by atoms with Gasteiger partial charge < -0.3 is 10.1 Å². The summed E-state index contributed by atoms with van der Waals surface area (Å²) >= 11 is 5.86. The average molecular weight is 421 g/mol. The predicted octanol–water partition coefficient (Wildman–Crippen LogP) is 3.75. The fourth-order valence-electron chi connectivity index (χ4n) is 3.10. The number of hydrogen-bond donors (Lipinski definition) is 1. The number of amides is 2. The Hall–Kier alpha value is -1.80. The number of rotatable bonds is 8. The normalized spacial score (nSPS) is 19.6. The zero-order valence-corrected chi connectivity index (χ0v) is 16.5. The summed E-state index contributed by atoms with van der Waals surface area (Å²) in [6.07, 6.45) is -6.19. The Morgan fingerprint density at radius 1 is 1.32 bits per heavy atom. The van der Waals surface area contributed by atoms with Crippen LogP contribution in [0.3, 0.4) is 0 Å². The van der Waals surface area contributed by atoms with Crippen molar-refractivity contribution in [3.8, 4) is 0 Å². The van der Waals surface area contributed by atoms with Crippen molar-refractivity contribution in [1.82, 2.24) is 10.2 Å². The third kappa shape index (κ3) is 5.85. The molecule has 1 aromatic carbocycles. The molecule has 5 nitrogen and oxygen atoms in total. The molecule has 1 N–H and O–H groups in total. The second-order valence-corrected chi connectivity index (χ2v) is 7.47. The van der Waals surface area contributed by atoms with Gasteiger partial charge in [0.2, 0.25) is 5.91 Å². The molecule has 28 heavy (non-hydrogen) atoms. The van der Waals surface area contributed by atoms with Gasteiger partial charge in [0.25, 0.3) is 0 Å². The zero-order chi connectivity index (χ0) is 20.9. The fourth-order valence-corrected chi connectivity index (χ4v) is 3.29. The van der Waals surface area contributed by atoms with Gasteiger partial charge >= 0.3 is 12.3 Å². The van der Waals surface area contributed by atoms with Crippen molar-refractivity contribution in [1.29, 1.82) is 0 Å². The summed E-state index contributed by atoms with van der Waals surface area (Å²) in [5, 5.41) is 2.45. The number of hydrogen-bond acceptors (Lipinski definition) is 4. The standard InChI is InChI=1S/C19H24ClF3N2O3/c1-12(2)15-11-28-18(27)25(15)17(26)9-16(19(21,22)23)24-14(10-20)8-13-6-4-3-5-7-13/h3-7,12,14-16,24H,8-11H2,1-2H3/t14-,15+,16+/m0/s1. The maximum Gasteiger partial charge on any atom is 0.416 e. The zero-order valence-electron chi connectivity index (χ0n) is 15.7. The van der Waals surface area contributed by atoms with Crippen LogP contribution in [-0.2, 0) is 16.0 Å². The lowest BCUT2D eigenvalue weighted by atomic mass is 10.0. The van der Waals surface area contributed by atoms with E-state index in [0.29, 0.717) is 0 Å². The Labute approximate surface area is 167 Å². The van der Waals surface area contributed by atoms with Crippen LogP contribution in [0.25, 0.3) is 0 Å². The summed E-state index contributed by atoms with van der Waals surface area (Å²) in [7, 11) is 0. The van der Waals surface area contributed by atoms with Gasteiger partial charge in [-0.15, -0.1) is 11.6 Å². The molecule has 0 saturated carbocycles. The number of nitrogens with zero attached hydrogens (tertiary/aromatic N) is 1. The third-order valence-corrected chi connectivity index (χ3v) is 5.04. The number of halogens is 4. The van der Waals surface area contributed by atoms with Crippen LogP contribution in [0, 0.1) is 5.92 Å². The minimum atomic E-state index is -4.67. The summed E-state index contributed by atoms with van der Waals surface area (Å²) in [5.41, 5.74) is 0.830. The molecule has 0 bridgehead atoms. The van der Waals surface area contributed by atoms with E-state index >= 15 is 0 Å². The topological polar surface area (TPSA) is 58.6 Å². The Kier molecular flexibility index (Phi) is 7.71. The van der Waals surface area contributed by atoms with Gasteiger partial charge in [0, 0.05) is 11.9 Å². The lowest BCUT2D eigenvalue weighted by Crippen LogP contribution is -2.52. The maximum atomic E-state index is 13.6. The predicted molar refractivity (Wildman–Crippen MR) is 99.1 cm³/mol. The molecule has 156 valence electrons. The molecule has 0 unspecified atom stereocenters. The largest absolute Gasteiger partial charge is 0.447 e. The van der Waals surface area contributed by atoms with Crippen molar-refractivity contribution in [2.75, 3.05) is 12.5 Å². The molecule has 1 heterocycles. The lowest BCUT2D eigenvalue weighted by molar-refractivity contribution is -0.165. The van der Waals surface area contributed by atoms with Crippen molar-refractivity contribution in [2.24, 2.45) is 5.92 Å². The molecular formula is C19H24ClF3N2O3. The first-order valence-corrected chi connectivity index (χ1v) is 9.58. The van der Waals surface area contributed by atoms with Gasteiger partial charge in [0.15, 0.2) is 0 Å². The molecule has 1 aliphatic rings. The molecule has 2 rings (SSSR count). The van der Waals surface area contributed by atoms with Crippen LogP contribution < -0.4 is 5.32 Å². The highest BCUT2D eigenvalue weighted by molar-refractivity contribution is 6.18. The molecule has 2 amide bonds. The number of cyclic esters (lactones) is 1. The van der Waals surface area contributed by atoms with Crippen LogP contribution in [0.5, 0.6) is 0 Å². The van der Waals surface area contributed by atoms with E-state index in [2.05, 4.69) is 5.32 Å². The number of imide groups is 1. The van der Waals surface area contributed by atoms with E-state index < -0.39 is 42.7 Å². The van der Waals surface area contributed by atoms with Gasteiger partial charge in [-0.1, -0.05) is 44.2 Å². The molecule has 1 fully saturated rings. The van der Waals surface area contributed by atoms with E-state index in [9.17, 15) is 22.8 Å². The summed E-state index contributed by atoms with van der Waals surface area (Å²) in [4.78, 5) is 25.2. The summed E-state index contributed by atoms with van der Waals surface area (Å²) < 4.78 is 45.5. The van der Waals surface area contributed by atoms with E-state index in [1.54, 1.807) is 38.1 Å². The van der Waals surface area contributed by atoms with Crippen molar-refractivity contribution in [3.63, 3.8) is 0 Å². The van der Waals surface area contributed by atoms with Crippen molar-refractivity contribution in [3.05, 3.63) is 35.9 Å². The highest BCUT2D eigenvalue weighted by Gasteiger charge is 2.46. The molecule has 9 heteroatoms. The lowest BCUT2D eigenvalue weighted by Gasteiger charge is -2.29. The van der Waals surface area contributed by atoms with Crippen LogP contribution in [0.15, 0.2) is 30.3 Å². The molecule has 0 spiro atoms. The number of alkyl halides is 4. The van der Waals surface area contributed by atoms with Gasteiger partial charge in [-0.2, -0.15) is 13.2 Å². The highest BCUT2D eigenvalue weighted by Crippen LogP contribution is 2.27. The quantitative estimate of drug-likeness (QED) is 0.651. The average Bonchev–Trinajstić information content (AvgIpc) is 3.02. The second-order valence-electron chi connectivity index (χ2n) is 7.16. The Morgan fingerprint density at radius 2 is 1.96 bits per heavy atom. The molecule has 3 atom stereocenters. The molecule has 0 aliphatic carbocycles. The van der Waals surface area contributed by atoms with Gasteiger partial charge in [-0.3, -0.25) is 4.79 Å². The van der Waals surface area contributed by atoms with Crippen molar-refractivity contribution < 1.29 is 27.5 Å². The minimum absolute atomic E-state index is 0.00926. The smallest absolute Gasteiger partial charge is 0.416 e. The number of nitrogens with one attached hydrogen (secondary N) is 1. The molecule has 0 aromatic heterocycles. The number of carbonyl (C=O) groups is 2. The van der Waals surface area contributed by atoms with Crippen LogP contribution in [-0.4, -0.2) is 53.7 Å². The van der Waals surface area contributed by atoms with Crippen LogP contribution in [0.4, 0.5) is 18.0 Å². The monoisotopic (exact) mass is 420 g/mol. The van der Waals surface area contributed by atoms with Crippen LogP contribution in [0.2, 0.25) is 0 Å². The minimum Gasteiger partial charge on any atom is -0.447 e. The maximum absolute atomic E-state index is 13.6. The van der Waals surface area contributed by atoms with Gasteiger partial charge in [-0.05, 0) is 17.9 Å². The summed E-state index contributed by atoms with van der Waals surface area (Å²) in [5.74, 6) is -1.10. The molecule has 1 aliphatic heterocycles. The van der Waals surface area contributed by atoms with E-state index in [-0.39, 0.29) is 24.8 Å². The Morgan fingerprint density at radius 3 is 2.50 bits per heavy atom. The van der Waals surface area contributed by atoms with E-state index in [4.69, 9.17) is 16.3 Å². The summed E-state index contributed by atoms with van der Waals surface area (Å²) in [6.45, 7) is 3.54.